The lowest BCUT2D eigenvalue weighted by Crippen LogP contribution is -2.16. The molecule has 2 aliphatic rings. The normalized spacial score (nSPS) is 19.3. The van der Waals surface area contributed by atoms with Crippen molar-refractivity contribution in [3.63, 3.8) is 0 Å². The van der Waals surface area contributed by atoms with Gasteiger partial charge in [-0.2, -0.15) is 18.3 Å². The van der Waals surface area contributed by atoms with Crippen LogP contribution < -0.4 is 5.73 Å². The van der Waals surface area contributed by atoms with Crippen LogP contribution in [0.25, 0.3) is 5.69 Å². The van der Waals surface area contributed by atoms with Crippen molar-refractivity contribution >= 4 is 5.91 Å². The standard InChI is InChI=1S/C19H20F3N3O/c20-19(21,22)18-15-3-1-2-4-16(15)25(24-18)14-6-5-12-7-11(9-17(23)26)8-13(12)10-14/h5-6,10-11H,1-4,7-9H2,(H2,23,26). The summed E-state index contributed by atoms with van der Waals surface area (Å²) in [7, 11) is 0. The Bertz CT molecular complexity index is 870. The van der Waals surface area contributed by atoms with E-state index in [1.54, 1.807) is 0 Å². The van der Waals surface area contributed by atoms with E-state index in [1.165, 1.54) is 4.68 Å². The molecule has 1 atom stereocenters. The van der Waals surface area contributed by atoms with Gasteiger partial charge in [-0.05, 0) is 67.7 Å². The van der Waals surface area contributed by atoms with Crippen LogP contribution in [-0.4, -0.2) is 15.7 Å². The number of nitrogens with two attached hydrogens (primary N) is 1. The maximum Gasteiger partial charge on any atom is 0.435 e. The topological polar surface area (TPSA) is 60.9 Å². The minimum atomic E-state index is -4.43. The number of rotatable bonds is 3. The van der Waals surface area contributed by atoms with E-state index in [0.29, 0.717) is 36.2 Å². The number of aromatic nitrogens is 2. The summed E-state index contributed by atoms with van der Waals surface area (Å²) in [6.07, 6.45) is 0.0820. The molecule has 0 spiro atoms. The highest BCUT2D eigenvalue weighted by atomic mass is 19.4. The Morgan fingerprint density at radius 1 is 1.19 bits per heavy atom. The van der Waals surface area contributed by atoms with Gasteiger partial charge in [-0.15, -0.1) is 0 Å². The van der Waals surface area contributed by atoms with E-state index in [9.17, 15) is 18.0 Å². The van der Waals surface area contributed by atoms with Gasteiger partial charge in [0.2, 0.25) is 5.91 Å². The smallest absolute Gasteiger partial charge is 0.370 e. The quantitative estimate of drug-likeness (QED) is 0.909. The average molecular weight is 363 g/mol. The first-order valence-electron chi connectivity index (χ1n) is 8.91. The maximum absolute atomic E-state index is 13.4. The molecule has 2 aromatic rings. The van der Waals surface area contributed by atoms with Gasteiger partial charge in [-0.3, -0.25) is 4.79 Å². The zero-order valence-corrected chi connectivity index (χ0v) is 14.3. The third-order valence-electron chi connectivity index (χ3n) is 5.39. The second-order valence-corrected chi connectivity index (χ2v) is 7.29. The molecule has 0 bridgehead atoms. The van der Waals surface area contributed by atoms with Crippen LogP contribution in [0.5, 0.6) is 0 Å². The second kappa shape index (κ2) is 6.14. The van der Waals surface area contributed by atoms with E-state index in [4.69, 9.17) is 5.73 Å². The Labute approximate surface area is 149 Å². The van der Waals surface area contributed by atoms with Crippen LogP contribution in [0.2, 0.25) is 0 Å². The van der Waals surface area contributed by atoms with E-state index in [0.717, 1.165) is 36.8 Å². The molecular weight excluding hydrogens is 343 g/mol. The van der Waals surface area contributed by atoms with Crippen molar-refractivity contribution in [1.29, 1.82) is 0 Å². The van der Waals surface area contributed by atoms with Gasteiger partial charge in [0.1, 0.15) is 0 Å². The van der Waals surface area contributed by atoms with Crippen LogP contribution in [0.4, 0.5) is 13.2 Å². The second-order valence-electron chi connectivity index (χ2n) is 7.29. The first-order valence-corrected chi connectivity index (χ1v) is 8.91. The molecule has 4 nitrogen and oxygen atoms in total. The molecule has 1 aromatic heterocycles. The van der Waals surface area contributed by atoms with Crippen LogP contribution in [0.3, 0.4) is 0 Å². The minimum Gasteiger partial charge on any atom is -0.370 e. The van der Waals surface area contributed by atoms with Gasteiger partial charge in [-0.1, -0.05) is 6.07 Å². The van der Waals surface area contributed by atoms with E-state index in [-0.39, 0.29) is 11.8 Å². The van der Waals surface area contributed by atoms with Crippen LogP contribution in [-0.2, 0) is 36.7 Å². The zero-order valence-electron chi connectivity index (χ0n) is 14.3. The van der Waals surface area contributed by atoms with E-state index in [1.807, 2.05) is 18.2 Å². The minimum absolute atomic E-state index is 0.176. The van der Waals surface area contributed by atoms with Crippen LogP contribution in [0.1, 0.15) is 47.3 Å². The van der Waals surface area contributed by atoms with E-state index < -0.39 is 11.9 Å². The largest absolute Gasteiger partial charge is 0.435 e. The van der Waals surface area contributed by atoms with E-state index >= 15 is 0 Å². The van der Waals surface area contributed by atoms with Crippen molar-refractivity contribution in [3.05, 3.63) is 46.3 Å². The van der Waals surface area contributed by atoms with Crippen molar-refractivity contribution in [1.82, 2.24) is 9.78 Å². The molecule has 1 amide bonds. The highest BCUT2D eigenvalue weighted by Crippen LogP contribution is 2.37. The van der Waals surface area contributed by atoms with Crippen LogP contribution in [0, 0.1) is 5.92 Å². The van der Waals surface area contributed by atoms with Crippen LogP contribution >= 0.6 is 0 Å². The number of nitrogens with zero attached hydrogens (tertiary/aromatic N) is 2. The summed E-state index contributed by atoms with van der Waals surface area (Å²) in [5.41, 5.74) is 8.43. The van der Waals surface area contributed by atoms with E-state index in [2.05, 4.69) is 5.10 Å². The molecule has 0 fully saturated rings. The number of carbonyl (C=O) groups excluding carboxylic acids is 1. The van der Waals surface area contributed by atoms with Crippen molar-refractivity contribution in [2.45, 2.75) is 51.1 Å². The fourth-order valence-electron chi connectivity index (χ4n) is 4.30. The Balaban J connectivity index is 1.72. The van der Waals surface area contributed by atoms with Gasteiger partial charge in [0, 0.05) is 17.7 Å². The Kier molecular flexibility index (Phi) is 4.04. The van der Waals surface area contributed by atoms with Gasteiger partial charge in [0.15, 0.2) is 5.69 Å². The Morgan fingerprint density at radius 3 is 2.65 bits per heavy atom. The predicted molar refractivity (Wildman–Crippen MR) is 89.9 cm³/mol. The number of benzene rings is 1. The molecule has 7 heteroatoms. The highest BCUT2D eigenvalue weighted by Gasteiger charge is 2.39. The SMILES string of the molecule is NC(=O)CC1Cc2ccc(-n3nc(C(F)(F)F)c4c3CCCC4)cc2C1. The van der Waals surface area contributed by atoms with Crippen molar-refractivity contribution < 1.29 is 18.0 Å². The molecule has 1 unspecified atom stereocenters. The molecule has 26 heavy (non-hydrogen) atoms. The maximum atomic E-state index is 13.4. The summed E-state index contributed by atoms with van der Waals surface area (Å²) in [5, 5.41) is 3.94. The molecular formula is C19H20F3N3O. The summed E-state index contributed by atoms with van der Waals surface area (Å²) >= 11 is 0. The summed E-state index contributed by atoms with van der Waals surface area (Å²) in [4.78, 5) is 11.2. The average Bonchev–Trinajstić information content (AvgIpc) is 3.13. The Hall–Kier alpha value is -2.31. The van der Waals surface area contributed by atoms with Gasteiger partial charge < -0.3 is 5.73 Å². The molecule has 2 aliphatic carbocycles. The van der Waals surface area contributed by atoms with Gasteiger partial charge in [0.05, 0.1) is 5.69 Å². The van der Waals surface area contributed by atoms with Crippen molar-refractivity contribution in [2.24, 2.45) is 11.7 Å². The number of primary amides is 1. The molecule has 2 N–H and O–H groups in total. The number of fused-ring (bicyclic) bond motifs is 2. The number of hydrogen-bond acceptors (Lipinski definition) is 2. The lowest BCUT2D eigenvalue weighted by molar-refractivity contribution is -0.142. The molecule has 1 heterocycles. The summed E-state index contributed by atoms with van der Waals surface area (Å²) in [6, 6.07) is 5.68. The third kappa shape index (κ3) is 2.99. The first-order chi connectivity index (χ1) is 12.3. The number of halogens is 3. The molecule has 1 aromatic carbocycles. The number of amides is 1. The van der Waals surface area contributed by atoms with Crippen molar-refractivity contribution in [2.75, 3.05) is 0 Å². The Morgan fingerprint density at radius 2 is 1.92 bits per heavy atom. The van der Waals surface area contributed by atoms with Gasteiger partial charge in [0.25, 0.3) is 0 Å². The summed E-state index contributed by atoms with van der Waals surface area (Å²) in [5.74, 6) is -0.144. The van der Waals surface area contributed by atoms with Gasteiger partial charge >= 0.3 is 6.18 Å². The fourth-order valence-corrected chi connectivity index (χ4v) is 4.30. The van der Waals surface area contributed by atoms with Gasteiger partial charge in [-0.25, -0.2) is 4.68 Å². The number of carbonyl (C=O) groups is 1. The van der Waals surface area contributed by atoms with Crippen molar-refractivity contribution in [3.8, 4) is 5.69 Å². The summed E-state index contributed by atoms with van der Waals surface area (Å²) < 4.78 is 41.6. The zero-order chi connectivity index (χ0) is 18.5. The number of alkyl halides is 3. The molecule has 4 rings (SSSR count). The molecule has 0 saturated carbocycles. The highest BCUT2D eigenvalue weighted by molar-refractivity contribution is 5.74. The molecule has 0 radical (unpaired) electrons. The summed E-state index contributed by atoms with van der Waals surface area (Å²) in [6.45, 7) is 0. The monoisotopic (exact) mass is 363 g/mol. The lowest BCUT2D eigenvalue weighted by Gasteiger charge is -2.15. The first kappa shape index (κ1) is 17.1. The predicted octanol–water partition coefficient (Wildman–Crippen LogP) is 3.36. The molecule has 0 aliphatic heterocycles. The van der Waals surface area contributed by atoms with Crippen LogP contribution in [0.15, 0.2) is 18.2 Å². The third-order valence-corrected chi connectivity index (χ3v) is 5.39. The lowest BCUT2D eigenvalue weighted by atomic mass is 9.95. The molecule has 0 saturated heterocycles. The molecule has 138 valence electrons. The number of hydrogen-bond donors (Lipinski definition) is 1. The fraction of sp³-hybridized carbons (Fsp3) is 0.474.